The molecule has 0 atom stereocenters. The number of hydrogen-bond acceptors (Lipinski definition) is 4. The summed E-state index contributed by atoms with van der Waals surface area (Å²) in [5.74, 6) is 0.183. The van der Waals surface area contributed by atoms with Gasteiger partial charge in [0.1, 0.15) is 5.75 Å². The third-order valence-electron chi connectivity index (χ3n) is 3.27. The minimum Gasteiger partial charge on any atom is -0.494 e. The number of primary amides is 1. The summed E-state index contributed by atoms with van der Waals surface area (Å²) in [6, 6.07) is 7.36. The maximum atomic E-state index is 12.1. The topological polar surface area (TPSA) is 90.6 Å². The van der Waals surface area contributed by atoms with Crippen LogP contribution < -0.4 is 15.8 Å². The quantitative estimate of drug-likeness (QED) is 0.760. The van der Waals surface area contributed by atoms with E-state index in [2.05, 4.69) is 5.32 Å². The standard InChI is InChI=1S/C15H20N2O4/c1-2-21-12-5-3-11(4-6-12)7-14(19)17-15(8-13(16)18)9-20-10-15/h3-6H,2,7-10H2,1H3,(H2,16,18)(H,17,19). The van der Waals surface area contributed by atoms with Gasteiger partial charge in [0.25, 0.3) is 0 Å². The smallest absolute Gasteiger partial charge is 0.225 e. The molecule has 6 nitrogen and oxygen atoms in total. The molecule has 0 unspecified atom stereocenters. The molecule has 114 valence electrons. The van der Waals surface area contributed by atoms with Crippen LogP contribution in [0.4, 0.5) is 0 Å². The van der Waals surface area contributed by atoms with Gasteiger partial charge < -0.3 is 20.5 Å². The van der Waals surface area contributed by atoms with Crippen LogP contribution in [0.25, 0.3) is 0 Å². The molecule has 1 aromatic rings. The normalized spacial score (nSPS) is 15.9. The van der Waals surface area contributed by atoms with Gasteiger partial charge >= 0.3 is 0 Å². The van der Waals surface area contributed by atoms with Crippen LogP contribution in [0.1, 0.15) is 18.9 Å². The summed E-state index contributed by atoms with van der Waals surface area (Å²) >= 11 is 0. The van der Waals surface area contributed by atoms with Crippen LogP contribution in [0.3, 0.4) is 0 Å². The summed E-state index contributed by atoms with van der Waals surface area (Å²) in [4.78, 5) is 23.1. The second-order valence-corrected chi connectivity index (χ2v) is 5.22. The third kappa shape index (κ3) is 4.19. The van der Waals surface area contributed by atoms with E-state index in [4.69, 9.17) is 15.2 Å². The first-order chi connectivity index (χ1) is 10.0. The van der Waals surface area contributed by atoms with E-state index in [9.17, 15) is 9.59 Å². The van der Waals surface area contributed by atoms with Crippen molar-refractivity contribution in [3.8, 4) is 5.75 Å². The van der Waals surface area contributed by atoms with Crippen molar-refractivity contribution in [3.63, 3.8) is 0 Å². The predicted octanol–water partition coefficient (Wildman–Crippen LogP) is 0.388. The molecule has 2 amide bonds. The van der Waals surface area contributed by atoms with E-state index in [-0.39, 0.29) is 18.7 Å². The van der Waals surface area contributed by atoms with E-state index in [1.807, 2.05) is 31.2 Å². The number of carbonyl (C=O) groups is 2. The molecular weight excluding hydrogens is 272 g/mol. The van der Waals surface area contributed by atoms with Gasteiger partial charge in [-0.1, -0.05) is 12.1 Å². The first kappa shape index (κ1) is 15.3. The van der Waals surface area contributed by atoms with Crippen LogP contribution in [-0.4, -0.2) is 37.2 Å². The van der Waals surface area contributed by atoms with Crippen molar-refractivity contribution in [2.45, 2.75) is 25.3 Å². The average Bonchev–Trinajstić information content (AvgIpc) is 2.38. The second kappa shape index (κ2) is 6.58. The Labute approximate surface area is 123 Å². The fourth-order valence-corrected chi connectivity index (χ4v) is 2.30. The lowest BCUT2D eigenvalue weighted by Gasteiger charge is -2.41. The van der Waals surface area contributed by atoms with Crippen LogP contribution in [0, 0.1) is 0 Å². The lowest BCUT2D eigenvalue weighted by Crippen LogP contribution is -2.63. The number of nitrogens with two attached hydrogens (primary N) is 1. The monoisotopic (exact) mass is 292 g/mol. The highest BCUT2D eigenvalue weighted by atomic mass is 16.5. The van der Waals surface area contributed by atoms with Gasteiger partial charge in [0.05, 0.1) is 38.2 Å². The maximum absolute atomic E-state index is 12.1. The van der Waals surface area contributed by atoms with E-state index in [1.54, 1.807) is 0 Å². The van der Waals surface area contributed by atoms with Gasteiger partial charge in [-0.25, -0.2) is 0 Å². The molecule has 3 N–H and O–H groups in total. The number of nitrogens with one attached hydrogen (secondary N) is 1. The van der Waals surface area contributed by atoms with Crippen molar-refractivity contribution in [2.75, 3.05) is 19.8 Å². The summed E-state index contributed by atoms with van der Waals surface area (Å²) < 4.78 is 10.4. The number of rotatable bonds is 7. The van der Waals surface area contributed by atoms with Crippen LogP contribution >= 0.6 is 0 Å². The Balaban J connectivity index is 1.90. The molecule has 0 aliphatic carbocycles. The van der Waals surface area contributed by atoms with Crippen molar-refractivity contribution < 1.29 is 19.1 Å². The summed E-state index contributed by atoms with van der Waals surface area (Å²) in [6.45, 7) is 3.17. The largest absolute Gasteiger partial charge is 0.494 e. The highest BCUT2D eigenvalue weighted by Gasteiger charge is 2.41. The fourth-order valence-electron chi connectivity index (χ4n) is 2.30. The van der Waals surface area contributed by atoms with Crippen LogP contribution in [0.5, 0.6) is 5.75 Å². The summed E-state index contributed by atoms with van der Waals surface area (Å²) in [6.07, 6.45) is 0.342. The first-order valence-corrected chi connectivity index (χ1v) is 6.92. The van der Waals surface area contributed by atoms with E-state index < -0.39 is 11.4 Å². The summed E-state index contributed by atoms with van der Waals surface area (Å²) in [5, 5.41) is 2.85. The Morgan fingerprint density at radius 2 is 2.00 bits per heavy atom. The molecule has 1 heterocycles. The fraction of sp³-hybridized carbons (Fsp3) is 0.467. The molecule has 1 aliphatic heterocycles. The molecule has 1 saturated heterocycles. The van der Waals surface area contributed by atoms with E-state index in [0.29, 0.717) is 19.8 Å². The van der Waals surface area contributed by atoms with Gasteiger partial charge in [-0.3, -0.25) is 9.59 Å². The van der Waals surface area contributed by atoms with Crippen molar-refractivity contribution in [2.24, 2.45) is 5.73 Å². The Bertz CT molecular complexity index is 509. The Morgan fingerprint density at radius 1 is 1.33 bits per heavy atom. The molecule has 1 aliphatic rings. The Morgan fingerprint density at radius 3 is 2.48 bits per heavy atom. The molecule has 0 saturated carbocycles. The molecule has 2 rings (SSSR count). The van der Waals surface area contributed by atoms with E-state index in [1.165, 1.54) is 0 Å². The Hall–Kier alpha value is -2.08. The lowest BCUT2D eigenvalue weighted by atomic mass is 9.92. The van der Waals surface area contributed by atoms with Gasteiger partial charge in [0, 0.05) is 0 Å². The van der Waals surface area contributed by atoms with Gasteiger partial charge in [-0.05, 0) is 24.6 Å². The average molecular weight is 292 g/mol. The molecule has 6 heteroatoms. The first-order valence-electron chi connectivity index (χ1n) is 6.92. The third-order valence-corrected chi connectivity index (χ3v) is 3.27. The summed E-state index contributed by atoms with van der Waals surface area (Å²) in [5.41, 5.74) is 5.45. The Kier molecular flexibility index (Phi) is 4.80. The summed E-state index contributed by atoms with van der Waals surface area (Å²) in [7, 11) is 0. The van der Waals surface area contributed by atoms with Crippen LogP contribution in [-0.2, 0) is 20.7 Å². The van der Waals surface area contributed by atoms with Crippen molar-refractivity contribution in [3.05, 3.63) is 29.8 Å². The van der Waals surface area contributed by atoms with Crippen molar-refractivity contribution in [1.82, 2.24) is 5.32 Å². The van der Waals surface area contributed by atoms with Gasteiger partial charge in [0.2, 0.25) is 11.8 Å². The lowest BCUT2D eigenvalue weighted by molar-refractivity contribution is -0.138. The van der Waals surface area contributed by atoms with Crippen LogP contribution in [0.2, 0.25) is 0 Å². The predicted molar refractivity (Wildman–Crippen MR) is 76.8 cm³/mol. The number of benzene rings is 1. The maximum Gasteiger partial charge on any atom is 0.225 e. The van der Waals surface area contributed by atoms with Crippen molar-refractivity contribution >= 4 is 11.8 Å². The van der Waals surface area contributed by atoms with E-state index >= 15 is 0 Å². The minimum absolute atomic E-state index is 0.0992. The van der Waals surface area contributed by atoms with Gasteiger partial charge in [-0.2, -0.15) is 0 Å². The second-order valence-electron chi connectivity index (χ2n) is 5.22. The zero-order valence-corrected chi connectivity index (χ0v) is 12.1. The molecule has 0 radical (unpaired) electrons. The molecular formula is C15H20N2O4. The molecule has 0 bridgehead atoms. The van der Waals surface area contributed by atoms with Crippen LogP contribution in [0.15, 0.2) is 24.3 Å². The molecule has 0 aromatic heterocycles. The number of carbonyl (C=O) groups excluding carboxylic acids is 2. The van der Waals surface area contributed by atoms with Crippen molar-refractivity contribution in [1.29, 1.82) is 0 Å². The SMILES string of the molecule is CCOc1ccc(CC(=O)NC2(CC(N)=O)COC2)cc1. The number of hydrogen-bond donors (Lipinski definition) is 2. The van der Waals surface area contributed by atoms with Gasteiger partial charge in [-0.15, -0.1) is 0 Å². The van der Waals surface area contributed by atoms with E-state index in [0.717, 1.165) is 11.3 Å². The molecule has 21 heavy (non-hydrogen) atoms. The molecule has 1 aromatic carbocycles. The number of amides is 2. The minimum atomic E-state index is -0.631. The number of ether oxygens (including phenoxy) is 2. The highest BCUT2D eigenvalue weighted by Crippen LogP contribution is 2.21. The zero-order valence-electron chi connectivity index (χ0n) is 12.1. The highest BCUT2D eigenvalue weighted by molar-refractivity contribution is 5.81. The molecule has 1 fully saturated rings. The zero-order chi connectivity index (χ0) is 15.3. The molecule has 0 spiro atoms. The van der Waals surface area contributed by atoms with Gasteiger partial charge in [0.15, 0.2) is 0 Å².